The van der Waals surface area contributed by atoms with E-state index in [2.05, 4.69) is 92.5 Å². The van der Waals surface area contributed by atoms with Crippen LogP contribution in [0.25, 0.3) is 6.08 Å². The van der Waals surface area contributed by atoms with E-state index < -0.39 is 8.32 Å². The van der Waals surface area contributed by atoms with Gasteiger partial charge in [0, 0.05) is 5.92 Å². The Morgan fingerprint density at radius 3 is 2.14 bits per heavy atom. The molecule has 0 heterocycles. The van der Waals surface area contributed by atoms with Crippen molar-refractivity contribution >= 4 is 14.4 Å². The van der Waals surface area contributed by atoms with Crippen molar-refractivity contribution in [3.05, 3.63) is 77.9 Å². The topological polar surface area (TPSA) is 9.23 Å². The van der Waals surface area contributed by atoms with E-state index in [1.54, 1.807) is 0 Å². The van der Waals surface area contributed by atoms with Gasteiger partial charge in [-0.2, -0.15) is 0 Å². The first-order chi connectivity index (χ1) is 10.5. The summed E-state index contributed by atoms with van der Waals surface area (Å²) in [4.78, 5) is 0. The van der Waals surface area contributed by atoms with E-state index >= 15 is 0 Å². The molecule has 1 aliphatic carbocycles. The summed E-state index contributed by atoms with van der Waals surface area (Å²) in [5.41, 5.74) is 2.47. The Bertz CT molecular complexity index is 642. The lowest BCUT2D eigenvalue weighted by Crippen LogP contribution is -2.33. The van der Waals surface area contributed by atoms with Crippen LogP contribution in [0.2, 0.25) is 19.6 Å². The Morgan fingerprint density at radius 2 is 1.55 bits per heavy atom. The number of hydrogen-bond acceptors (Lipinski definition) is 1. The first-order valence-electron chi connectivity index (χ1n) is 7.99. The summed E-state index contributed by atoms with van der Waals surface area (Å²) in [5, 5.41) is 0. The van der Waals surface area contributed by atoms with Gasteiger partial charge < -0.3 is 4.43 Å². The van der Waals surface area contributed by atoms with E-state index in [9.17, 15) is 0 Å². The average Bonchev–Trinajstić information content (AvgIpc) is 3.19. The molecule has 0 amide bonds. The quantitative estimate of drug-likeness (QED) is 0.666. The molecule has 0 aliphatic heterocycles. The zero-order chi connectivity index (χ0) is 15.6. The molecular formula is C20H24OSi. The Kier molecular flexibility index (Phi) is 4.07. The van der Waals surface area contributed by atoms with Crippen LogP contribution < -0.4 is 0 Å². The summed E-state index contributed by atoms with van der Waals surface area (Å²) in [6.07, 6.45) is 5.63. The number of benzene rings is 2. The van der Waals surface area contributed by atoms with Crippen LogP contribution in [-0.4, -0.2) is 8.32 Å². The molecule has 22 heavy (non-hydrogen) atoms. The molecule has 1 aliphatic rings. The molecule has 0 bridgehead atoms. The van der Waals surface area contributed by atoms with Crippen LogP contribution in [0.4, 0.5) is 0 Å². The minimum atomic E-state index is -1.60. The second-order valence-electron chi connectivity index (χ2n) is 7.05. The van der Waals surface area contributed by atoms with Crippen molar-refractivity contribution < 1.29 is 4.43 Å². The summed E-state index contributed by atoms with van der Waals surface area (Å²) < 4.78 is 6.61. The van der Waals surface area contributed by atoms with Crippen molar-refractivity contribution in [1.82, 2.24) is 0 Å². The predicted octanol–water partition coefficient (Wildman–Crippen LogP) is 5.47. The molecule has 0 saturated heterocycles. The zero-order valence-electron chi connectivity index (χ0n) is 13.6. The molecule has 1 fully saturated rings. The Hall–Kier alpha value is -1.64. The van der Waals surface area contributed by atoms with Gasteiger partial charge in [0.05, 0.1) is 5.60 Å². The summed E-state index contributed by atoms with van der Waals surface area (Å²) in [7, 11) is -1.60. The van der Waals surface area contributed by atoms with Gasteiger partial charge in [-0.3, -0.25) is 0 Å². The first kappa shape index (κ1) is 15.3. The molecule has 2 aromatic carbocycles. The van der Waals surface area contributed by atoms with Crippen LogP contribution in [0.15, 0.2) is 66.7 Å². The normalized spacial score (nSPS) is 24.6. The maximum atomic E-state index is 6.61. The number of rotatable bonds is 5. The second-order valence-corrected chi connectivity index (χ2v) is 11.5. The van der Waals surface area contributed by atoms with Gasteiger partial charge in [0.1, 0.15) is 0 Å². The van der Waals surface area contributed by atoms with E-state index in [1.165, 1.54) is 11.1 Å². The highest BCUT2D eigenvalue weighted by molar-refractivity contribution is 6.69. The average molecular weight is 308 g/mol. The van der Waals surface area contributed by atoms with Gasteiger partial charge in [0.25, 0.3) is 0 Å². The molecular weight excluding hydrogens is 284 g/mol. The highest BCUT2D eigenvalue weighted by Crippen LogP contribution is 2.57. The van der Waals surface area contributed by atoms with Crippen molar-refractivity contribution in [3.63, 3.8) is 0 Å². The van der Waals surface area contributed by atoms with Gasteiger partial charge in [-0.1, -0.05) is 72.8 Å². The zero-order valence-corrected chi connectivity index (χ0v) is 14.6. The molecule has 3 rings (SSSR count). The Balaban J connectivity index is 1.83. The lowest BCUT2D eigenvalue weighted by Gasteiger charge is -2.27. The summed E-state index contributed by atoms with van der Waals surface area (Å²) in [6, 6.07) is 21.2. The first-order valence-corrected chi connectivity index (χ1v) is 11.4. The molecule has 0 unspecified atom stereocenters. The van der Waals surface area contributed by atoms with Crippen LogP contribution in [0.3, 0.4) is 0 Å². The highest BCUT2D eigenvalue weighted by atomic mass is 28.4. The van der Waals surface area contributed by atoms with Gasteiger partial charge in [-0.25, -0.2) is 0 Å². The minimum Gasteiger partial charge on any atom is -0.408 e. The fourth-order valence-corrected chi connectivity index (χ4v) is 4.50. The van der Waals surface area contributed by atoms with E-state index in [-0.39, 0.29) is 5.60 Å². The van der Waals surface area contributed by atoms with E-state index in [1.807, 2.05) is 0 Å². The Labute approximate surface area is 134 Å². The molecule has 114 valence electrons. The minimum absolute atomic E-state index is 0.100. The van der Waals surface area contributed by atoms with Gasteiger partial charge in [-0.05, 0) is 37.2 Å². The summed E-state index contributed by atoms with van der Waals surface area (Å²) in [5.74, 6) is 0.474. The Morgan fingerprint density at radius 1 is 0.955 bits per heavy atom. The van der Waals surface area contributed by atoms with Crippen molar-refractivity contribution in [3.8, 4) is 0 Å². The highest BCUT2D eigenvalue weighted by Gasteiger charge is 2.56. The molecule has 2 atom stereocenters. The molecule has 1 saturated carbocycles. The van der Waals surface area contributed by atoms with Gasteiger partial charge in [0.2, 0.25) is 0 Å². The molecule has 0 spiro atoms. The molecule has 0 radical (unpaired) electrons. The van der Waals surface area contributed by atoms with E-state index in [4.69, 9.17) is 4.43 Å². The van der Waals surface area contributed by atoms with Crippen LogP contribution in [-0.2, 0) is 10.0 Å². The van der Waals surface area contributed by atoms with Gasteiger partial charge in [-0.15, -0.1) is 0 Å². The SMILES string of the molecule is C[Si](C)(C)O[C@@]1(c2ccccc2)C[C@@H]1/C=C/c1ccccc1. The molecule has 0 aromatic heterocycles. The third-order valence-corrected chi connectivity index (χ3v) is 5.01. The fraction of sp³-hybridized carbons (Fsp3) is 0.300. The molecule has 2 aromatic rings. The van der Waals surface area contributed by atoms with Crippen molar-refractivity contribution in [1.29, 1.82) is 0 Å². The molecule has 0 N–H and O–H groups in total. The predicted molar refractivity (Wildman–Crippen MR) is 96.1 cm³/mol. The molecule has 1 nitrogen and oxygen atoms in total. The lowest BCUT2D eigenvalue weighted by molar-refractivity contribution is 0.161. The standard InChI is InChI=1S/C20H24OSi/c1-22(2,3)21-20(18-12-8-5-9-13-18)16-19(20)15-14-17-10-6-4-7-11-17/h4-15,19H,16H2,1-3H3/b15-14+/t19-,20+/m0/s1. The second kappa shape index (κ2) is 5.86. The third kappa shape index (κ3) is 3.40. The van der Waals surface area contributed by atoms with Gasteiger partial charge >= 0.3 is 0 Å². The van der Waals surface area contributed by atoms with Crippen molar-refractivity contribution in [2.24, 2.45) is 5.92 Å². The third-order valence-electron chi connectivity index (χ3n) is 4.03. The van der Waals surface area contributed by atoms with Crippen LogP contribution in [0, 0.1) is 5.92 Å². The fourth-order valence-electron chi connectivity index (χ4n) is 3.06. The van der Waals surface area contributed by atoms with Crippen LogP contribution in [0.1, 0.15) is 17.5 Å². The smallest absolute Gasteiger partial charge is 0.185 e. The van der Waals surface area contributed by atoms with Crippen molar-refractivity contribution in [2.45, 2.75) is 31.7 Å². The maximum absolute atomic E-state index is 6.61. The van der Waals surface area contributed by atoms with Crippen LogP contribution in [0.5, 0.6) is 0 Å². The summed E-state index contributed by atoms with van der Waals surface area (Å²) in [6.45, 7) is 6.82. The monoisotopic (exact) mass is 308 g/mol. The van der Waals surface area contributed by atoms with E-state index in [0.717, 1.165) is 6.42 Å². The summed E-state index contributed by atoms with van der Waals surface area (Å²) >= 11 is 0. The van der Waals surface area contributed by atoms with Crippen molar-refractivity contribution in [2.75, 3.05) is 0 Å². The van der Waals surface area contributed by atoms with Crippen LogP contribution >= 0.6 is 0 Å². The molecule has 2 heteroatoms. The number of hydrogen-bond donors (Lipinski definition) is 0. The van der Waals surface area contributed by atoms with E-state index in [0.29, 0.717) is 5.92 Å². The maximum Gasteiger partial charge on any atom is 0.185 e. The van der Waals surface area contributed by atoms with Gasteiger partial charge in [0.15, 0.2) is 8.32 Å². The largest absolute Gasteiger partial charge is 0.408 e. The lowest BCUT2D eigenvalue weighted by atomic mass is 10.1.